The van der Waals surface area contributed by atoms with Crippen molar-refractivity contribution in [3.8, 4) is 0 Å². The van der Waals surface area contributed by atoms with Gasteiger partial charge in [-0.25, -0.2) is 0 Å². The first kappa shape index (κ1) is 72.3. The van der Waals surface area contributed by atoms with E-state index in [0.717, 1.165) is 96.3 Å². The Labute approximate surface area is 474 Å². The largest absolute Gasteiger partial charge is 0.462 e. The normalized spacial score (nSPS) is 13.1. The summed E-state index contributed by atoms with van der Waals surface area (Å²) in [5.41, 5.74) is 0. The average molecular weight is 1060 g/mol. The van der Waals surface area contributed by atoms with Crippen LogP contribution < -0.4 is 0 Å². The molecule has 6 nitrogen and oxygen atoms in total. The Morgan fingerprint density at radius 2 is 0.545 bits per heavy atom. The molecule has 6 heteroatoms. The van der Waals surface area contributed by atoms with Crippen LogP contribution in [0.3, 0.4) is 0 Å². The van der Waals surface area contributed by atoms with Crippen LogP contribution in [0, 0.1) is 0 Å². The SMILES string of the molecule is CC/C=C\C/C=C\C/C=C\C/C=C\C/C=C\CC(=O)OC(COC(=O)CCCC/C=C\C/C=C\C/C=C\C/C=C\CC)COC(=O)CCCCCCCCCCCCCCCC/C=C\C/C=C\C/C=C\CCCCCCC. The molecule has 0 rings (SSSR count). The van der Waals surface area contributed by atoms with Gasteiger partial charge in [0.1, 0.15) is 13.2 Å². The zero-order valence-corrected chi connectivity index (χ0v) is 49.7. The molecule has 0 saturated heterocycles. The van der Waals surface area contributed by atoms with E-state index >= 15 is 0 Å². The van der Waals surface area contributed by atoms with Gasteiger partial charge in [-0.3, -0.25) is 14.4 Å². The van der Waals surface area contributed by atoms with Gasteiger partial charge >= 0.3 is 17.9 Å². The summed E-state index contributed by atoms with van der Waals surface area (Å²) in [6, 6.07) is 0. The third-order valence-corrected chi connectivity index (χ3v) is 12.8. The minimum absolute atomic E-state index is 0.0821. The third-order valence-electron chi connectivity index (χ3n) is 12.8. The average Bonchev–Trinajstić information content (AvgIpc) is 3.43. The second kappa shape index (κ2) is 63.8. The molecule has 1 atom stereocenters. The van der Waals surface area contributed by atoms with Gasteiger partial charge in [0.2, 0.25) is 0 Å². The van der Waals surface area contributed by atoms with Crippen molar-refractivity contribution in [2.75, 3.05) is 13.2 Å². The van der Waals surface area contributed by atoms with E-state index in [4.69, 9.17) is 14.2 Å². The smallest absolute Gasteiger partial charge is 0.310 e. The zero-order chi connectivity index (χ0) is 55.7. The lowest BCUT2D eigenvalue weighted by Gasteiger charge is -2.18. The molecule has 0 aromatic heterocycles. The summed E-state index contributed by atoms with van der Waals surface area (Å²) in [6.45, 7) is 6.28. The summed E-state index contributed by atoms with van der Waals surface area (Å²) in [5, 5.41) is 0. The maximum atomic E-state index is 12.8. The van der Waals surface area contributed by atoms with Crippen molar-refractivity contribution in [3.63, 3.8) is 0 Å². The molecule has 0 bridgehead atoms. The van der Waals surface area contributed by atoms with Crippen LogP contribution in [-0.4, -0.2) is 37.2 Å². The highest BCUT2D eigenvalue weighted by molar-refractivity contribution is 5.72. The lowest BCUT2D eigenvalue weighted by Crippen LogP contribution is -2.30. The molecule has 0 N–H and O–H groups in total. The van der Waals surface area contributed by atoms with Gasteiger partial charge in [0.05, 0.1) is 6.42 Å². The number of unbranched alkanes of at least 4 members (excludes halogenated alkanes) is 21. The number of allylic oxidation sites excluding steroid dienone is 23. The summed E-state index contributed by atoms with van der Waals surface area (Å²) >= 11 is 0. The Morgan fingerprint density at radius 1 is 0.286 bits per heavy atom. The van der Waals surface area contributed by atoms with Crippen molar-refractivity contribution < 1.29 is 28.6 Å². The van der Waals surface area contributed by atoms with E-state index in [9.17, 15) is 14.4 Å². The second-order valence-corrected chi connectivity index (χ2v) is 20.2. The molecule has 0 aliphatic rings. The van der Waals surface area contributed by atoms with Crippen LogP contribution in [0.25, 0.3) is 0 Å². The van der Waals surface area contributed by atoms with Gasteiger partial charge in [0.15, 0.2) is 6.10 Å². The Balaban J connectivity index is 4.37. The fourth-order valence-corrected chi connectivity index (χ4v) is 8.22. The number of esters is 3. The van der Waals surface area contributed by atoms with Crippen LogP contribution in [0.1, 0.15) is 265 Å². The molecule has 0 spiro atoms. The van der Waals surface area contributed by atoms with E-state index in [1.165, 1.54) is 116 Å². The van der Waals surface area contributed by atoms with Crippen molar-refractivity contribution in [3.05, 3.63) is 146 Å². The number of carbonyl (C=O) groups excluding carboxylic acids is 3. The number of carbonyl (C=O) groups is 3. The highest BCUT2D eigenvalue weighted by Crippen LogP contribution is 2.15. The molecule has 0 heterocycles. The molecule has 0 aliphatic heterocycles. The number of rotatable bonds is 55. The highest BCUT2D eigenvalue weighted by atomic mass is 16.6. The van der Waals surface area contributed by atoms with E-state index in [2.05, 4.69) is 154 Å². The number of hydrogen-bond donors (Lipinski definition) is 0. The van der Waals surface area contributed by atoms with Gasteiger partial charge in [0.25, 0.3) is 0 Å². The van der Waals surface area contributed by atoms with Crippen molar-refractivity contribution in [2.45, 2.75) is 271 Å². The van der Waals surface area contributed by atoms with E-state index in [1.54, 1.807) is 6.08 Å². The molecule has 0 saturated carbocycles. The van der Waals surface area contributed by atoms with Gasteiger partial charge in [-0.1, -0.05) is 269 Å². The quantitative estimate of drug-likeness (QED) is 0.0261. The van der Waals surface area contributed by atoms with E-state index in [-0.39, 0.29) is 38.0 Å². The first-order chi connectivity index (χ1) is 38.0. The molecule has 0 fully saturated rings. The fourth-order valence-electron chi connectivity index (χ4n) is 8.22. The summed E-state index contributed by atoms with van der Waals surface area (Å²) in [5.74, 6) is -1.11. The topological polar surface area (TPSA) is 78.9 Å². The van der Waals surface area contributed by atoms with Crippen LogP contribution in [-0.2, 0) is 28.6 Å². The van der Waals surface area contributed by atoms with Crippen molar-refractivity contribution in [1.29, 1.82) is 0 Å². The molecule has 1 unspecified atom stereocenters. The van der Waals surface area contributed by atoms with Crippen LogP contribution in [0.15, 0.2) is 146 Å². The Bertz CT molecular complexity index is 1700. The second-order valence-electron chi connectivity index (χ2n) is 20.2. The molecule has 77 heavy (non-hydrogen) atoms. The lowest BCUT2D eigenvalue weighted by molar-refractivity contribution is -0.166. The van der Waals surface area contributed by atoms with Gasteiger partial charge in [-0.15, -0.1) is 0 Å². The molecule has 0 aliphatic carbocycles. The van der Waals surface area contributed by atoms with E-state index in [1.807, 2.05) is 6.08 Å². The van der Waals surface area contributed by atoms with E-state index in [0.29, 0.717) is 19.3 Å². The first-order valence-electron chi connectivity index (χ1n) is 31.3. The molecule has 0 aromatic carbocycles. The van der Waals surface area contributed by atoms with Gasteiger partial charge < -0.3 is 14.2 Å². The maximum Gasteiger partial charge on any atom is 0.310 e. The number of ether oxygens (including phenoxy) is 3. The van der Waals surface area contributed by atoms with Crippen LogP contribution >= 0.6 is 0 Å². The minimum Gasteiger partial charge on any atom is -0.462 e. The monoisotopic (exact) mass is 1060 g/mol. The minimum atomic E-state index is -0.856. The van der Waals surface area contributed by atoms with Gasteiger partial charge in [-0.2, -0.15) is 0 Å². The fraction of sp³-hybridized carbons (Fsp3) is 0.620. The Kier molecular flexibility index (Phi) is 59.9. The highest BCUT2D eigenvalue weighted by Gasteiger charge is 2.19. The van der Waals surface area contributed by atoms with Crippen LogP contribution in [0.5, 0.6) is 0 Å². The first-order valence-corrected chi connectivity index (χ1v) is 31.3. The molecular formula is C71H114O6. The predicted octanol–water partition coefficient (Wildman–Crippen LogP) is 21.5. The standard InChI is InChI=1S/C71H114O6/c1-4-7-10-13-16-19-22-25-28-29-30-31-32-33-34-35-36-37-38-39-40-41-44-46-49-52-55-58-61-64-70(73)76-67-68(77-71(74)65-62-59-56-53-50-47-43-27-24-21-18-15-12-9-6-3)66-75-69(72)63-60-57-54-51-48-45-42-26-23-20-17-14-11-8-5-2/h8-9,11-12,17-18,20-22,25-27,29-30,32-33,42-43,48,50-51,53,59,62,68H,4-7,10,13-16,19,23-24,28,31,34-41,44-47,49,52,54-58,60-61,63-67H2,1-3H3/b11-8-,12-9-,20-17-,21-18-,25-22-,30-29-,33-32-,42-26-,43-27-,51-48-,53-50-,62-59-. The van der Waals surface area contributed by atoms with Crippen molar-refractivity contribution >= 4 is 17.9 Å². The van der Waals surface area contributed by atoms with Gasteiger partial charge in [-0.05, 0) is 122 Å². The van der Waals surface area contributed by atoms with Crippen LogP contribution in [0.2, 0.25) is 0 Å². The molecule has 0 radical (unpaired) electrons. The molecular weight excluding hydrogens is 949 g/mol. The van der Waals surface area contributed by atoms with Crippen molar-refractivity contribution in [2.24, 2.45) is 0 Å². The molecule has 0 amide bonds. The molecule has 0 aromatic rings. The predicted molar refractivity (Wildman–Crippen MR) is 334 cm³/mol. The number of hydrogen-bond acceptors (Lipinski definition) is 6. The summed E-state index contributed by atoms with van der Waals surface area (Å²) < 4.78 is 16.7. The zero-order valence-electron chi connectivity index (χ0n) is 49.7. The van der Waals surface area contributed by atoms with Crippen molar-refractivity contribution in [1.82, 2.24) is 0 Å². The lowest BCUT2D eigenvalue weighted by atomic mass is 10.0. The summed E-state index contributed by atoms with van der Waals surface area (Å²) in [6.07, 6.45) is 91.8. The molecule has 434 valence electrons. The summed E-state index contributed by atoms with van der Waals surface area (Å²) in [7, 11) is 0. The summed E-state index contributed by atoms with van der Waals surface area (Å²) in [4.78, 5) is 38.2. The maximum absolute atomic E-state index is 12.8. The Morgan fingerprint density at radius 3 is 0.883 bits per heavy atom. The van der Waals surface area contributed by atoms with E-state index < -0.39 is 12.1 Å². The van der Waals surface area contributed by atoms with Crippen LogP contribution in [0.4, 0.5) is 0 Å². The van der Waals surface area contributed by atoms with Gasteiger partial charge in [0, 0.05) is 12.8 Å². The Hall–Kier alpha value is -4.71. The third kappa shape index (κ3) is 62.0.